The van der Waals surface area contributed by atoms with Crippen LogP contribution in [0.25, 0.3) is 0 Å². The maximum Gasteiger partial charge on any atom is 0.514 e. The Balaban J connectivity index is 2.39. The van der Waals surface area contributed by atoms with Crippen molar-refractivity contribution in [2.24, 2.45) is 11.7 Å². The van der Waals surface area contributed by atoms with E-state index in [1.807, 2.05) is 0 Å². The van der Waals surface area contributed by atoms with Gasteiger partial charge in [-0.05, 0) is 74.9 Å². The highest BCUT2D eigenvalue weighted by Gasteiger charge is 2.30. The van der Waals surface area contributed by atoms with Crippen molar-refractivity contribution in [3.05, 3.63) is 63.7 Å². The quantitative estimate of drug-likeness (QED) is 0.0274. The molecule has 0 saturated heterocycles. The molecule has 0 radical (unpaired) electrons. The molecule has 306 valence electrons. The van der Waals surface area contributed by atoms with E-state index in [9.17, 15) is 38.9 Å². The number of anilines is 1. The lowest BCUT2D eigenvalue weighted by atomic mass is 10.0. The van der Waals surface area contributed by atoms with Gasteiger partial charge in [-0.25, -0.2) is 19.2 Å². The summed E-state index contributed by atoms with van der Waals surface area (Å²) in [4.78, 5) is 87.8. The zero-order valence-electron chi connectivity index (χ0n) is 32.2. The Morgan fingerprint density at radius 1 is 0.947 bits per heavy atom. The van der Waals surface area contributed by atoms with Gasteiger partial charge in [-0.1, -0.05) is 31.8 Å². The molecule has 0 bridgehead atoms. The number of non-ortho nitro benzene ring substituents is 1. The molecule has 0 spiro atoms. The smallest absolute Gasteiger partial charge is 0.444 e. The van der Waals surface area contributed by atoms with Crippen LogP contribution in [0.15, 0.2) is 42.5 Å². The molecule has 6 amide bonds. The van der Waals surface area contributed by atoms with Crippen molar-refractivity contribution in [1.82, 2.24) is 20.9 Å². The molecule has 0 heterocycles. The molecule has 0 unspecified atom stereocenters. The SMILES string of the molecule is C#CCOC(=O)N(CC#C)Cc1cc(NC(=O)[C@H](CCCNC(N)=O)NC(=O)[C@@H](NC(=O)OC(C)(C)C)C(C)C)ccc1COC(=O)Oc1ccc([N+](=O)[O-])cc1. The summed E-state index contributed by atoms with van der Waals surface area (Å²) < 4.78 is 20.7. The summed E-state index contributed by atoms with van der Waals surface area (Å²) >= 11 is 0. The van der Waals surface area contributed by atoms with Crippen molar-refractivity contribution in [2.75, 3.05) is 25.0 Å². The zero-order chi connectivity index (χ0) is 42.7. The Morgan fingerprint density at radius 2 is 1.63 bits per heavy atom. The molecule has 2 aromatic carbocycles. The standard InChI is InChI=1S/C38H47N7O12/c1-8-19-44(36(50)54-20-9-2)22-26-21-27(13-12-25(26)23-55-37(51)56-29-16-14-28(15-17-29)45(52)53)41-32(46)30(11-10-18-40-34(39)48)42-33(47)31(24(3)4)43-35(49)57-38(5,6)7/h1-2,12-17,21,24,30-31H,10-11,18-20,22-23H2,3-7H3,(H,41,46)(H,42,47)(H,43,49)(H3,39,40,48)/t30-,31-/m0/s1. The highest BCUT2D eigenvalue weighted by atomic mass is 16.7. The van der Waals surface area contributed by atoms with Crippen molar-refractivity contribution in [1.29, 1.82) is 0 Å². The number of ether oxygens (including phenoxy) is 4. The van der Waals surface area contributed by atoms with Gasteiger partial charge >= 0.3 is 24.4 Å². The van der Waals surface area contributed by atoms with Gasteiger partial charge in [-0.3, -0.25) is 24.6 Å². The maximum atomic E-state index is 13.8. The minimum Gasteiger partial charge on any atom is -0.444 e. The number of carbonyl (C=O) groups excluding carboxylic acids is 6. The van der Waals surface area contributed by atoms with Crippen LogP contribution in [0.4, 0.5) is 30.6 Å². The molecular formula is C38H47N7O12. The summed E-state index contributed by atoms with van der Waals surface area (Å²) in [7, 11) is 0. The highest BCUT2D eigenvalue weighted by Crippen LogP contribution is 2.22. The molecule has 0 fully saturated rings. The van der Waals surface area contributed by atoms with Crippen LogP contribution in [-0.4, -0.2) is 83.4 Å². The van der Waals surface area contributed by atoms with Gasteiger partial charge in [0.05, 0.1) is 18.0 Å². The summed E-state index contributed by atoms with van der Waals surface area (Å²) in [5.74, 6) is 2.74. The first-order valence-electron chi connectivity index (χ1n) is 17.5. The number of alkyl carbamates (subject to hydrolysis) is 1. The molecule has 2 atom stereocenters. The van der Waals surface area contributed by atoms with E-state index in [-0.39, 0.29) is 56.2 Å². The first-order valence-corrected chi connectivity index (χ1v) is 17.5. The Morgan fingerprint density at radius 3 is 2.21 bits per heavy atom. The van der Waals surface area contributed by atoms with Crippen molar-refractivity contribution < 1.29 is 52.6 Å². The van der Waals surface area contributed by atoms with Gasteiger partial charge in [0.25, 0.3) is 5.69 Å². The van der Waals surface area contributed by atoms with Gasteiger partial charge in [-0.15, -0.1) is 12.8 Å². The number of hydrogen-bond acceptors (Lipinski definition) is 12. The molecule has 0 saturated carbocycles. The Kier molecular flexibility index (Phi) is 18.1. The van der Waals surface area contributed by atoms with Crippen molar-refractivity contribution in [3.8, 4) is 30.4 Å². The molecule has 57 heavy (non-hydrogen) atoms. The first-order chi connectivity index (χ1) is 26.8. The second kappa shape index (κ2) is 22.4. The minimum absolute atomic E-state index is 0.0206. The number of nitrogens with zero attached hydrogens (tertiary/aromatic N) is 2. The second-order valence-corrected chi connectivity index (χ2v) is 13.5. The maximum absolute atomic E-state index is 13.8. The summed E-state index contributed by atoms with van der Waals surface area (Å²) in [6.45, 7) is 7.31. The van der Waals surface area contributed by atoms with Gasteiger partial charge in [0.1, 0.15) is 30.0 Å². The molecule has 0 aliphatic carbocycles. The van der Waals surface area contributed by atoms with Crippen LogP contribution in [0.5, 0.6) is 5.75 Å². The number of amides is 6. The number of nitrogens with one attached hydrogen (secondary N) is 4. The number of benzene rings is 2. The van der Waals surface area contributed by atoms with Crippen LogP contribution >= 0.6 is 0 Å². The highest BCUT2D eigenvalue weighted by molar-refractivity contribution is 5.98. The van der Waals surface area contributed by atoms with Gasteiger partial charge < -0.3 is 45.9 Å². The molecule has 19 heteroatoms. The Bertz CT molecular complexity index is 1850. The van der Waals surface area contributed by atoms with Crippen molar-refractivity contribution in [3.63, 3.8) is 0 Å². The van der Waals surface area contributed by atoms with Crippen LogP contribution in [0.1, 0.15) is 58.6 Å². The molecule has 19 nitrogen and oxygen atoms in total. The summed E-state index contributed by atoms with van der Waals surface area (Å²) in [6.07, 6.45) is 8.14. The second-order valence-electron chi connectivity index (χ2n) is 13.5. The summed E-state index contributed by atoms with van der Waals surface area (Å²) in [5, 5.41) is 21.3. The third-order valence-corrected chi connectivity index (χ3v) is 7.47. The van der Waals surface area contributed by atoms with Gasteiger partial charge in [0, 0.05) is 24.4 Å². The number of hydrogen-bond donors (Lipinski definition) is 5. The lowest BCUT2D eigenvalue weighted by Crippen LogP contribution is -2.55. The fourth-order valence-corrected chi connectivity index (χ4v) is 4.83. The number of primary amides is 1. The van der Waals surface area contributed by atoms with Crippen molar-refractivity contribution in [2.45, 2.75) is 78.3 Å². The minimum atomic E-state index is -1.19. The predicted octanol–water partition coefficient (Wildman–Crippen LogP) is 3.94. The van der Waals surface area contributed by atoms with E-state index in [1.165, 1.54) is 30.3 Å². The Hall–Kier alpha value is -7.02. The van der Waals surface area contributed by atoms with E-state index >= 15 is 0 Å². The number of nitrogens with two attached hydrogens (primary N) is 1. The normalized spacial score (nSPS) is 11.6. The lowest BCUT2D eigenvalue weighted by molar-refractivity contribution is -0.384. The zero-order valence-corrected chi connectivity index (χ0v) is 32.2. The average Bonchev–Trinajstić information content (AvgIpc) is 3.12. The molecule has 0 aromatic heterocycles. The molecule has 6 N–H and O–H groups in total. The average molecular weight is 794 g/mol. The number of urea groups is 1. The number of carbonyl (C=O) groups is 6. The van der Waals surface area contributed by atoms with E-state index in [4.69, 9.17) is 37.5 Å². The number of nitro benzene ring substituents is 1. The van der Waals surface area contributed by atoms with Crippen LogP contribution in [0.3, 0.4) is 0 Å². The fraction of sp³-hybridized carbons (Fsp3) is 0.421. The summed E-state index contributed by atoms with van der Waals surface area (Å²) in [6, 6.07) is 6.10. The third-order valence-electron chi connectivity index (χ3n) is 7.47. The van der Waals surface area contributed by atoms with Gasteiger partial charge in [-0.2, -0.15) is 0 Å². The lowest BCUT2D eigenvalue weighted by Gasteiger charge is -2.27. The topological polar surface area (TPSA) is 260 Å². The molecule has 0 aliphatic heterocycles. The van der Waals surface area contributed by atoms with E-state index < -0.39 is 71.3 Å². The van der Waals surface area contributed by atoms with E-state index in [2.05, 4.69) is 33.1 Å². The van der Waals surface area contributed by atoms with Gasteiger partial charge in [0.2, 0.25) is 11.8 Å². The van der Waals surface area contributed by atoms with Crippen LogP contribution in [-0.2, 0) is 37.0 Å². The predicted molar refractivity (Wildman–Crippen MR) is 205 cm³/mol. The molecule has 2 aromatic rings. The molecule has 2 rings (SSSR count). The van der Waals surface area contributed by atoms with E-state index in [0.717, 1.165) is 17.0 Å². The number of nitro groups is 1. The molecular weight excluding hydrogens is 746 g/mol. The number of terminal acetylenes is 2. The largest absolute Gasteiger partial charge is 0.514 e. The van der Waals surface area contributed by atoms with Crippen LogP contribution in [0, 0.1) is 40.7 Å². The van der Waals surface area contributed by atoms with E-state index in [0.29, 0.717) is 11.1 Å². The first kappa shape index (κ1) is 46.1. The van der Waals surface area contributed by atoms with Crippen LogP contribution < -0.4 is 31.7 Å². The van der Waals surface area contributed by atoms with E-state index in [1.54, 1.807) is 34.6 Å². The fourth-order valence-electron chi connectivity index (χ4n) is 4.83. The Labute approximate surface area is 329 Å². The molecule has 0 aliphatic rings. The van der Waals surface area contributed by atoms with Gasteiger partial charge in [0.15, 0.2) is 6.61 Å². The summed E-state index contributed by atoms with van der Waals surface area (Å²) in [5.41, 5.74) is 4.98. The monoisotopic (exact) mass is 793 g/mol. The third kappa shape index (κ3) is 16.9. The number of rotatable bonds is 18. The van der Waals surface area contributed by atoms with Crippen molar-refractivity contribution >= 4 is 47.6 Å². The van der Waals surface area contributed by atoms with Crippen LogP contribution in [0.2, 0.25) is 0 Å².